The Morgan fingerprint density at radius 3 is 2.38 bits per heavy atom. The average Bonchev–Trinajstić information content (AvgIpc) is 2.64. The summed E-state index contributed by atoms with van der Waals surface area (Å²) in [7, 11) is -3.60. The molecule has 138 valence electrons. The molecule has 7 heteroatoms. The van der Waals surface area contributed by atoms with E-state index in [9.17, 15) is 18.3 Å². The number of carboxylic acid groups (broad SMARTS) is 1. The topological polar surface area (TPSA) is 86.3 Å². The molecule has 5 nitrogen and oxygen atoms in total. The first-order valence-corrected chi connectivity index (χ1v) is 10.9. The fraction of sp³-hybridized carbons (Fsp3) is 0.316. The first-order chi connectivity index (χ1) is 12.5. The van der Waals surface area contributed by atoms with Crippen LogP contribution in [0.5, 0.6) is 0 Å². The molecule has 2 aromatic carbocycles. The molecule has 0 bridgehead atoms. The van der Waals surface area contributed by atoms with Crippen molar-refractivity contribution in [2.45, 2.75) is 46.8 Å². The lowest BCUT2D eigenvalue weighted by Crippen LogP contribution is -2.43. The lowest BCUT2D eigenvalue weighted by atomic mass is 9.96. The number of carboxylic acids is 1. The fourth-order valence-electron chi connectivity index (χ4n) is 3.14. The number of carbonyl (C=O) groups excluding carboxylic acids is 1. The number of benzene rings is 2. The van der Waals surface area contributed by atoms with Gasteiger partial charge in [0.1, 0.15) is 0 Å². The predicted molar refractivity (Wildman–Crippen MR) is 99.4 cm³/mol. The Kier molecular flexibility index (Phi) is 6.01. The Hall–Kier alpha value is -1.83. The second-order valence-corrected chi connectivity index (χ2v) is 9.26. The molecule has 1 aliphatic rings. The number of carbonyl (C=O) groups is 1. The maximum Gasteiger partial charge on any atom is 0.240 e. The van der Waals surface area contributed by atoms with Gasteiger partial charge in [-0.1, -0.05) is 49.2 Å². The van der Waals surface area contributed by atoms with E-state index in [2.05, 4.69) is 4.72 Å². The van der Waals surface area contributed by atoms with Crippen LogP contribution < -0.4 is 9.83 Å². The zero-order valence-corrected chi connectivity index (χ0v) is 15.8. The molecule has 3 rings (SSSR count). The maximum absolute atomic E-state index is 12.6. The van der Waals surface area contributed by atoms with Gasteiger partial charge in [-0.25, -0.2) is 13.1 Å². The van der Waals surface area contributed by atoms with Crippen molar-refractivity contribution in [3.05, 3.63) is 60.2 Å². The summed E-state index contributed by atoms with van der Waals surface area (Å²) >= 11 is 1.42. The van der Waals surface area contributed by atoms with Gasteiger partial charge >= 0.3 is 0 Å². The molecular formula is C19H20NO4S2-. The predicted octanol–water partition coefficient (Wildman–Crippen LogP) is 2.43. The summed E-state index contributed by atoms with van der Waals surface area (Å²) in [5.41, 5.74) is 0.146. The highest BCUT2D eigenvalue weighted by Crippen LogP contribution is 2.36. The molecule has 0 radical (unpaired) electrons. The van der Waals surface area contributed by atoms with Gasteiger partial charge in [-0.15, -0.1) is 11.8 Å². The van der Waals surface area contributed by atoms with E-state index >= 15 is 0 Å². The Morgan fingerprint density at radius 1 is 1.00 bits per heavy atom. The molecule has 2 aromatic rings. The molecule has 0 spiro atoms. The molecule has 1 N–H and O–H groups in total. The standard InChI is InChI=1S/C19H21NO4S2/c21-19(22)15-10-4-6-12-17(15)25-18-13-7-5-11-16(18)20-26(23,24)14-8-2-1-3-9-14/h1-4,6,8-10,12,16,18,20H,5,7,11,13H2,(H,21,22)/p-1/t16-,18+/m1/s1. The molecule has 0 aromatic heterocycles. The molecule has 1 fully saturated rings. The van der Waals surface area contributed by atoms with Gasteiger partial charge in [0, 0.05) is 21.8 Å². The summed E-state index contributed by atoms with van der Waals surface area (Å²) in [6.45, 7) is 0. The second kappa shape index (κ2) is 8.24. The third kappa shape index (κ3) is 4.47. The number of nitrogens with one attached hydrogen (secondary N) is 1. The number of hydrogen-bond donors (Lipinski definition) is 1. The molecule has 0 saturated heterocycles. The van der Waals surface area contributed by atoms with Crippen molar-refractivity contribution >= 4 is 27.8 Å². The first-order valence-electron chi connectivity index (χ1n) is 8.52. The zero-order chi connectivity index (χ0) is 18.6. The third-order valence-corrected chi connectivity index (χ3v) is 7.43. The second-order valence-electron chi connectivity index (χ2n) is 6.27. The molecule has 0 unspecified atom stereocenters. The number of rotatable bonds is 6. The van der Waals surface area contributed by atoms with Crippen LogP contribution in [0, 0.1) is 0 Å². The van der Waals surface area contributed by atoms with Crippen LogP contribution in [-0.4, -0.2) is 25.7 Å². The van der Waals surface area contributed by atoms with Gasteiger partial charge in [0.25, 0.3) is 0 Å². The highest BCUT2D eigenvalue weighted by atomic mass is 32.2. The van der Waals surface area contributed by atoms with Gasteiger partial charge in [-0.05, 0) is 31.0 Å². The minimum Gasteiger partial charge on any atom is -0.545 e. The lowest BCUT2D eigenvalue weighted by molar-refractivity contribution is -0.255. The third-order valence-electron chi connectivity index (χ3n) is 4.45. The van der Waals surface area contributed by atoms with Crippen molar-refractivity contribution in [3.8, 4) is 0 Å². The van der Waals surface area contributed by atoms with Crippen LogP contribution in [0.4, 0.5) is 0 Å². The number of sulfonamides is 1. The van der Waals surface area contributed by atoms with Gasteiger partial charge in [0.2, 0.25) is 10.0 Å². The maximum atomic E-state index is 12.6. The van der Waals surface area contributed by atoms with E-state index in [-0.39, 0.29) is 21.8 Å². The smallest absolute Gasteiger partial charge is 0.240 e. The number of hydrogen-bond acceptors (Lipinski definition) is 5. The summed E-state index contributed by atoms with van der Waals surface area (Å²) in [6, 6.07) is 14.7. The highest BCUT2D eigenvalue weighted by Gasteiger charge is 2.30. The fourth-order valence-corrected chi connectivity index (χ4v) is 5.97. The van der Waals surface area contributed by atoms with Crippen molar-refractivity contribution in [3.63, 3.8) is 0 Å². The highest BCUT2D eigenvalue weighted by molar-refractivity contribution is 8.00. The minimum atomic E-state index is -3.60. The largest absolute Gasteiger partial charge is 0.545 e. The van der Waals surface area contributed by atoms with Crippen molar-refractivity contribution in [1.82, 2.24) is 4.72 Å². The van der Waals surface area contributed by atoms with Crippen LogP contribution in [0.2, 0.25) is 0 Å². The number of thioether (sulfide) groups is 1. The van der Waals surface area contributed by atoms with E-state index in [4.69, 9.17) is 0 Å². The lowest BCUT2D eigenvalue weighted by Gasteiger charge is -2.32. The van der Waals surface area contributed by atoms with Crippen molar-refractivity contribution < 1.29 is 18.3 Å². The molecule has 2 atom stereocenters. The van der Waals surface area contributed by atoms with Crippen LogP contribution >= 0.6 is 11.8 Å². The normalized spacial score (nSPS) is 20.6. The van der Waals surface area contributed by atoms with Crippen molar-refractivity contribution in [2.24, 2.45) is 0 Å². The van der Waals surface area contributed by atoms with Gasteiger partial charge in [0.05, 0.1) is 10.9 Å². The monoisotopic (exact) mass is 390 g/mol. The van der Waals surface area contributed by atoms with E-state index in [1.165, 1.54) is 17.8 Å². The van der Waals surface area contributed by atoms with Crippen LogP contribution in [-0.2, 0) is 10.0 Å². The van der Waals surface area contributed by atoms with Crippen LogP contribution in [0.25, 0.3) is 0 Å². The summed E-state index contributed by atoms with van der Waals surface area (Å²) in [5, 5.41) is 11.3. The molecule has 1 saturated carbocycles. The van der Waals surface area contributed by atoms with Crippen molar-refractivity contribution in [1.29, 1.82) is 0 Å². The average molecular weight is 391 g/mol. The molecule has 0 aliphatic heterocycles. The van der Waals surface area contributed by atoms with Gasteiger partial charge in [-0.2, -0.15) is 0 Å². The van der Waals surface area contributed by atoms with Crippen molar-refractivity contribution in [2.75, 3.05) is 0 Å². The quantitative estimate of drug-likeness (QED) is 0.819. The molecule has 26 heavy (non-hydrogen) atoms. The van der Waals surface area contributed by atoms with Crippen LogP contribution in [0.15, 0.2) is 64.4 Å². The molecule has 1 aliphatic carbocycles. The minimum absolute atomic E-state index is 0.0252. The van der Waals surface area contributed by atoms with E-state index < -0.39 is 16.0 Å². The SMILES string of the molecule is O=C([O-])c1ccccc1S[C@H]1CCCC[C@H]1NS(=O)(=O)c1ccccc1. The van der Waals surface area contributed by atoms with Gasteiger partial charge in [0.15, 0.2) is 0 Å². The van der Waals surface area contributed by atoms with Gasteiger partial charge in [-0.3, -0.25) is 0 Å². The Bertz CT molecular complexity index is 868. The molecule has 0 heterocycles. The van der Waals surface area contributed by atoms with Crippen LogP contribution in [0.1, 0.15) is 36.0 Å². The summed E-state index contributed by atoms with van der Waals surface area (Å²) in [6.07, 6.45) is 3.50. The van der Waals surface area contributed by atoms with E-state index in [1.54, 1.807) is 48.5 Å². The summed E-state index contributed by atoms with van der Waals surface area (Å²) in [4.78, 5) is 12.2. The first kappa shape index (κ1) is 18.9. The Labute approximate surface area is 157 Å². The Morgan fingerprint density at radius 2 is 1.65 bits per heavy atom. The molecule has 0 amide bonds. The zero-order valence-electron chi connectivity index (χ0n) is 14.1. The Balaban J connectivity index is 1.80. The molecular weight excluding hydrogens is 370 g/mol. The van der Waals surface area contributed by atoms with E-state index in [0.717, 1.165) is 25.7 Å². The van der Waals surface area contributed by atoms with Gasteiger partial charge < -0.3 is 9.90 Å². The van der Waals surface area contributed by atoms with E-state index in [0.29, 0.717) is 4.90 Å². The van der Waals surface area contributed by atoms with Crippen LogP contribution in [0.3, 0.4) is 0 Å². The number of aromatic carboxylic acids is 1. The summed E-state index contributed by atoms with van der Waals surface area (Å²) in [5.74, 6) is -1.22. The van der Waals surface area contributed by atoms with E-state index in [1.807, 2.05) is 0 Å². The summed E-state index contributed by atoms with van der Waals surface area (Å²) < 4.78 is 28.1.